The van der Waals surface area contributed by atoms with Crippen molar-refractivity contribution in [2.75, 3.05) is 44.2 Å². The average molecular weight is 377 g/mol. The Balaban J connectivity index is 1.83. The van der Waals surface area contributed by atoms with E-state index in [1.807, 2.05) is 0 Å². The van der Waals surface area contributed by atoms with Gasteiger partial charge in [-0.1, -0.05) is 29.0 Å². The standard InChI is InChI=1S/C15H26IN2O/c1-17-6-8-18(9-7-17)12-15(10-13(18)11-16)5-3-2-4-14(15)19/h13H,2-12H2,1H3/q+1. The molecule has 3 nitrogen and oxygen atoms in total. The highest BCUT2D eigenvalue weighted by Gasteiger charge is 2.58. The van der Waals surface area contributed by atoms with Crippen LogP contribution in [0.3, 0.4) is 0 Å². The second-order valence-corrected chi connectivity index (χ2v) is 7.93. The molecule has 0 amide bonds. The van der Waals surface area contributed by atoms with E-state index in [0.717, 1.165) is 25.4 Å². The fraction of sp³-hybridized carbons (Fsp3) is 0.933. The fourth-order valence-electron chi connectivity index (χ4n) is 4.67. The maximum Gasteiger partial charge on any atom is 0.144 e. The quantitative estimate of drug-likeness (QED) is 0.396. The van der Waals surface area contributed by atoms with Crippen molar-refractivity contribution in [1.29, 1.82) is 0 Å². The highest BCUT2D eigenvalue weighted by atomic mass is 127. The van der Waals surface area contributed by atoms with Crippen molar-refractivity contribution in [2.45, 2.75) is 38.1 Å². The van der Waals surface area contributed by atoms with E-state index in [9.17, 15) is 4.79 Å². The molecule has 1 saturated carbocycles. The number of nitrogens with zero attached hydrogens (tertiary/aromatic N) is 2. The van der Waals surface area contributed by atoms with Gasteiger partial charge in [-0.05, 0) is 19.9 Å². The normalized spacial score (nSPS) is 39.3. The largest absolute Gasteiger partial charge is 0.318 e. The van der Waals surface area contributed by atoms with E-state index in [-0.39, 0.29) is 5.41 Å². The number of piperazine rings is 1. The monoisotopic (exact) mass is 377 g/mol. The van der Waals surface area contributed by atoms with Gasteiger partial charge in [0.15, 0.2) is 0 Å². The highest BCUT2D eigenvalue weighted by Crippen LogP contribution is 2.48. The average Bonchev–Trinajstić information content (AvgIpc) is 2.72. The number of Topliss-reactive ketones (excluding diaryl/α,β-unsaturated/α-hetero) is 1. The van der Waals surface area contributed by atoms with Crippen LogP contribution in [0.15, 0.2) is 0 Å². The first-order chi connectivity index (χ1) is 9.10. The van der Waals surface area contributed by atoms with Crippen LogP contribution in [0.1, 0.15) is 32.1 Å². The van der Waals surface area contributed by atoms with Crippen LogP contribution in [0.25, 0.3) is 0 Å². The van der Waals surface area contributed by atoms with Crippen molar-refractivity contribution in [1.82, 2.24) is 4.90 Å². The van der Waals surface area contributed by atoms with Gasteiger partial charge in [0.05, 0.1) is 35.5 Å². The number of alkyl halides is 1. The van der Waals surface area contributed by atoms with E-state index in [1.54, 1.807) is 0 Å². The minimum absolute atomic E-state index is 0.0734. The molecule has 0 bridgehead atoms. The summed E-state index contributed by atoms with van der Waals surface area (Å²) in [5.41, 5.74) is 0.0734. The van der Waals surface area contributed by atoms with Crippen LogP contribution in [0, 0.1) is 5.41 Å². The predicted molar refractivity (Wildman–Crippen MR) is 85.6 cm³/mol. The molecule has 2 heterocycles. The molecule has 2 aliphatic heterocycles. The summed E-state index contributed by atoms with van der Waals surface area (Å²) in [6, 6.07) is 0.733. The van der Waals surface area contributed by atoms with Gasteiger partial charge in [-0.25, -0.2) is 0 Å². The maximum absolute atomic E-state index is 12.5. The lowest BCUT2D eigenvalue weighted by molar-refractivity contribution is -0.942. The first kappa shape index (κ1) is 14.3. The van der Waals surface area contributed by atoms with Crippen molar-refractivity contribution in [2.24, 2.45) is 5.41 Å². The van der Waals surface area contributed by atoms with Crippen molar-refractivity contribution in [3.63, 3.8) is 0 Å². The zero-order valence-corrected chi connectivity index (χ0v) is 14.2. The number of likely N-dealkylation sites (N-methyl/N-ethyl adjacent to an activating group) is 1. The van der Waals surface area contributed by atoms with Gasteiger partial charge in [-0.3, -0.25) is 9.69 Å². The smallest absolute Gasteiger partial charge is 0.144 e. The molecule has 2 unspecified atom stereocenters. The summed E-state index contributed by atoms with van der Waals surface area (Å²) in [6.07, 6.45) is 5.62. The predicted octanol–water partition coefficient (Wildman–Crippen LogP) is 2.09. The third kappa shape index (κ3) is 2.38. The molecule has 19 heavy (non-hydrogen) atoms. The lowest BCUT2D eigenvalue weighted by atomic mass is 9.72. The Hall–Kier alpha value is 0.320. The molecule has 0 aromatic carbocycles. The van der Waals surface area contributed by atoms with E-state index in [2.05, 4.69) is 34.5 Å². The second kappa shape index (κ2) is 5.26. The summed E-state index contributed by atoms with van der Waals surface area (Å²) in [7, 11) is 2.23. The Kier molecular flexibility index (Phi) is 3.95. The molecule has 108 valence electrons. The Morgan fingerprint density at radius 2 is 2.11 bits per heavy atom. The molecule has 2 spiro atoms. The molecule has 4 heteroatoms. The van der Waals surface area contributed by atoms with Gasteiger partial charge in [-0.15, -0.1) is 0 Å². The van der Waals surface area contributed by atoms with Gasteiger partial charge >= 0.3 is 0 Å². The third-order valence-electron chi connectivity index (χ3n) is 5.95. The number of quaternary nitrogens is 1. The molecular weight excluding hydrogens is 351 g/mol. The zero-order chi connectivity index (χ0) is 13.5. The Morgan fingerprint density at radius 3 is 2.74 bits per heavy atom. The van der Waals surface area contributed by atoms with Gasteiger partial charge in [0.25, 0.3) is 0 Å². The molecular formula is C15H26IN2O+. The van der Waals surface area contributed by atoms with Crippen LogP contribution in [0.4, 0.5) is 0 Å². The maximum atomic E-state index is 12.5. The Bertz CT molecular complexity index is 365. The number of carbonyl (C=O) groups is 1. The summed E-state index contributed by atoms with van der Waals surface area (Å²) >= 11 is 2.55. The minimum Gasteiger partial charge on any atom is -0.318 e. The fourth-order valence-corrected chi connectivity index (χ4v) is 5.81. The third-order valence-corrected chi connectivity index (χ3v) is 6.97. The van der Waals surface area contributed by atoms with Gasteiger partial charge in [0, 0.05) is 25.9 Å². The molecule has 2 atom stereocenters. The number of ketones is 1. The molecule has 0 radical (unpaired) electrons. The first-order valence-corrected chi connectivity index (χ1v) is 9.26. The molecule has 0 aromatic heterocycles. The lowest BCUT2D eigenvalue weighted by Crippen LogP contribution is -2.62. The summed E-state index contributed by atoms with van der Waals surface area (Å²) < 4.78 is 2.47. The molecule has 0 N–H and O–H groups in total. The van der Waals surface area contributed by atoms with Gasteiger partial charge in [0.1, 0.15) is 5.78 Å². The van der Waals surface area contributed by atoms with Crippen LogP contribution >= 0.6 is 22.6 Å². The van der Waals surface area contributed by atoms with Crippen LogP contribution < -0.4 is 0 Å². The number of hydrogen-bond acceptors (Lipinski definition) is 2. The van der Waals surface area contributed by atoms with Gasteiger partial charge in [0.2, 0.25) is 0 Å². The minimum atomic E-state index is 0.0734. The molecule has 0 aromatic rings. The number of rotatable bonds is 1. The van der Waals surface area contributed by atoms with Crippen molar-refractivity contribution in [3.05, 3.63) is 0 Å². The SMILES string of the molecule is CN1CC[N+]2(CC1)CC1(CCCCC1=O)CC2CI. The zero-order valence-electron chi connectivity index (χ0n) is 12.0. The molecule has 3 rings (SSSR count). The van der Waals surface area contributed by atoms with E-state index in [4.69, 9.17) is 0 Å². The van der Waals surface area contributed by atoms with Crippen molar-refractivity contribution < 1.29 is 9.28 Å². The number of carbonyl (C=O) groups excluding carboxylic acids is 1. The van der Waals surface area contributed by atoms with E-state index in [1.165, 1.54) is 54.4 Å². The van der Waals surface area contributed by atoms with Gasteiger partial charge < -0.3 is 4.48 Å². The number of halogens is 1. The second-order valence-electron chi connectivity index (χ2n) is 7.05. The van der Waals surface area contributed by atoms with E-state index >= 15 is 0 Å². The molecule has 3 aliphatic rings. The van der Waals surface area contributed by atoms with Crippen LogP contribution in [0.5, 0.6) is 0 Å². The van der Waals surface area contributed by atoms with Crippen molar-refractivity contribution >= 4 is 28.4 Å². The van der Waals surface area contributed by atoms with E-state index in [0.29, 0.717) is 5.78 Å². The Labute approximate surface area is 130 Å². The van der Waals surface area contributed by atoms with E-state index < -0.39 is 0 Å². The summed E-state index contributed by atoms with van der Waals surface area (Å²) in [5.74, 6) is 0.600. The topological polar surface area (TPSA) is 20.3 Å². The number of hydrogen-bond donors (Lipinski definition) is 0. The van der Waals surface area contributed by atoms with Crippen LogP contribution in [-0.4, -0.2) is 65.4 Å². The lowest BCUT2D eigenvalue weighted by Gasteiger charge is -2.45. The summed E-state index contributed by atoms with van der Waals surface area (Å²) in [5, 5.41) is 0. The first-order valence-electron chi connectivity index (χ1n) is 7.74. The molecule has 3 fully saturated rings. The van der Waals surface area contributed by atoms with Gasteiger partial charge in [-0.2, -0.15) is 0 Å². The Morgan fingerprint density at radius 1 is 1.37 bits per heavy atom. The highest BCUT2D eigenvalue weighted by molar-refractivity contribution is 14.1. The summed E-state index contributed by atoms with van der Waals surface area (Å²) in [6.45, 7) is 6.10. The van der Waals surface area contributed by atoms with Crippen molar-refractivity contribution in [3.8, 4) is 0 Å². The summed E-state index contributed by atoms with van der Waals surface area (Å²) in [4.78, 5) is 15.0. The van der Waals surface area contributed by atoms with Crippen LogP contribution in [0.2, 0.25) is 0 Å². The van der Waals surface area contributed by atoms with Crippen LogP contribution in [-0.2, 0) is 4.79 Å². The molecule has 2 saturated heterocycles. The molecule has 1 aliphatic carbocycles.